The van der Waals surface area contributed by atoms with Crippen LogP contribution in [0.3, 0.4) is 0 Å². The minimum absolute atomic E-state index is 0.0843. The van der Waals surface area contributed by atoms with Gasteiger partial charge in [0.15, 0.2) is 5.11 Å². The summed E-state index contributed by atoms with van der Waals surface area (Å²) in [5.74, 6) is -0.618. The molecular formula is C25H27N5O4S. The molecule has 0 aliphatic carbocycles. The van der Waals surface area contributed by atoms with Gasteiger partial charge >= 0.3 is 0 Å². The number of aryl methyl sites for hydroxylation is 1. The van der Waals surface area contributed by atoms with Crippen molar-refractivity contribution in [3.05, 3.63) is 88.2 Å². The fraction of sp³-hybridized carbons (Fsp3) is 0.200. The lowest BCUT2D eigenvalue weighted by molar-refractivity contribution is 0.0930. The Morgan fingerprint density at radius 2 is 1.60 bits per heavy atom. The molecule has 0 aliphatic heterocycles. The van der Waals surface area contributed by atoms with Crippen LogP contribution in [0, 0.1) is 13.8 Å². The predicted molar refractivity (Wildman–Crippen MR) is 136 cm³/mol. The fourth-order valence-corrected chi connectivity index (χ4v) is 3.60. The van der Waals surface area contributed by atoms with Crippen molar-refractivity contribution in [2.75, 3.05) is 13.7 Å². The molecule has 0 unspecified atom stereocenters. The molecule has 0 radical (unpaired) electrons. The maximum absolute atomic E-state index is 12.5. The van der Waals surface area contributed by atoms with Crippen molar-refractivity contribution in [2.45, 2.75) is 20.3 Å². The van der Waals surface area contributed by atoms with Gasteiger partial charge < -0.3 is 15.0 Å². The van der Waals surface area contributed by atoms with Crippen LogP contribution in [0.25, 0.3) is 0 Å². The highest BCUT2D eigenvalue weighted by molar-refractivity contribution is 7.80. The monoisotopic (exact) mass is 493 g/mol. The quantitative estimate of drug-likeness (QED) is 0.255. The first-order chi connectivity index (χ1) is 16.8. The van der Waals surface area contributed by atoms with E-state index >= 15 is 0 Å². The zero-order chi connectivity index (χ0) is 25.4. The van der Waals surface area contributed by atoms with Gasteiger partial charge in [-0.15, -0.1) is 0 Å². The topological polar surface area (TPSA) is 124 Å². The van der Waals surface area contributed by atoms with Crippen molar-refractivity contribution >= 4 is 35.1 Å². The van der Waals surface area contributed by atoms with Crippen LogP contribution in [-0.4, -0.2) is 41.5 Å². The lowest BCUT2D eigenvalue weighted by atomic mass is 10.1. The molecule has 3 amide bonds. The van der Waals surface area contributed by atoms with E-state index in [0.29, 0.717) is 34.7 Å². The molecule has 0 saturated heterocycles. The summed E-state index contributed by atoms with van der Waals surface area (Å²) in [6, 6.07) is 16.7. The predicted octanol–water partition coefficient (Wildman–Crippen LogP) is 2.56. The number of hydrogen-bond donors (Lipinski definition) is 5. The first-order valence-electron chi connectivity index (χ1n) is 10.9. The number of thiocarbonyl (C=S) groups is 1. The molecule has 0 aliphatic rings. The van der Waals surface area contributed by atoms with Crippen LogP contribution >= 0.6 is 12.2 Å². The van der Waals surface area contributed by atoms with Crippen LogP contribution in [0.15, 0.2) is 54.6 Å². The van der Waals surface area contributed by atoms with Crippen LogP contribution in [0.5, 0.6) is 5.75 Å². The number of H-pyrrole nitrogens is 1. The molecule has 3 rings (SSSR count). The molecule has 5 N–H and O–H groups in total. The van der Waals surface area contributed by atoms with Crippen LogP contribution in [-0.2, 0) is 6.42 Å². The first kappa shape index (κ1) is 25.4. The number of hydrogen-bond acceptors (Lipinski definition) is 5. The maximum Gasteiger partial charge on any atom is 0.286 e. The third-order valence-electron chi connectivity index (χ3n) is 5.25. The Morgan fingerprint density at radius 3 is 2.26 bits per heavy atom. The van der Waals surface area contributed by atoms with E-state index < -0.39 is 11.8 Å². The molecule has 10 heteroatoms. The number of aromatic nitrogens is 1. The van der Waals surface area contributed by atoms with Crippen molar-refractivity contribution in [1.82, 2.24) is 26.5 Å². The number of ether oxygens (including phenoxy) is 1. The normalized spacial score (nSPS) is 10.3. The van der Waals surface area contributed by atoms with E-state index in [0.717, 1.165) is 6.42 Å². The third kappa shape index (κ3) is 6.67. The second-order valence-corrected chi connectivity index (χ2v) is 8.08. The Balaban J connectivity index is 1.47. The number of carbonyl (C=O) groups is 3. The van der Waals surface area contributed by atoms with Gasteiger partial charge in [-0.05, 0) is 61.5 Å². The molecule has 0 atom stereocenters. The molecule has 0 bridgehead atoms. The summed E-state index contributed by atoms with van der Waals surface area (Å²) in [6.07, 6.45) is 0.781. The zero-order valence-electron chi connectivity index (χ0n) is 19.7. The van der Waals surface area contributed by atoms with Gasteiger partial charge in [-0.25, -0.2) is 0 Å². The second-order valence-electron chi connectivity index (χ2n) is 7.67. The molecule has 1 heterocycles. The van der Waals surface area contributed by atoms with Gasteiger partial charge in [0, 0.05) is 24.7 Å². The van der Waals surface area contributed by atoms with Crippen molar-refractivity contribution < 1.29 is 19.1 Å². The highest BCUT2D eigenvalue weighted by atomic mass is 32.1. The summed E-state index contributed by atoms with van der Waals surface area (Å²) < 4.78 is 5.73. The maximum atomic E-state index is 12.5. The number of hydrazine groups is 1. The molecule has 35 heavy (non-hydrogen) atoms. The zero-order valence-corrected chi connectivity index (χ0v) is 20.5. The van der Waals surface area contributed by atoms with Crippen LogP contribution in [0.1, 0.15) is 48.0 Å². The molecule has 0 fully saturated rings. The summed E-state index contributed by atoms with van der Waals surface area (Å²) in [5.41, 5.74) is 8.15. The van der Waals surface area contributed by atoms with Gasteiger partial charge in [0.25, 0.3) is 17.7 Å². The summed E-state index contributed by atoms with van der Waals surface area (Å²) in [4.78, 5) is 39.8. The van der Waals surface area contributed by atoms with E-state index in [1.54, 1.807) is 38.1 Å². The number of aromatic amines is 1. The highest BCUT2D eigenvalue weighted by Gasteiger charge is 2.21. The summed E-state index contributed by atoms with van der Waals surface area (Å²) in [7, 11) is 1.52. The molecule has 0 saturated carbocycles. The lowest BCUT2D eigenvalue weighted by Crippen LogP contribution is -2.48. The number of rotatable bonds is 7. The highest BCUT2D eigenvalue weighted by Crippen LogP contribution is 2.17. The molecule has 2 aromatic carbocycles. The minimum atomic E-state index is -0.533. The van der Waals surface area contributed by atoms with Gasteiger partial charge in [-0.2, -0.15) is 0 Å². The van der Waals surface area contributed by atoms with Crippen LogP contribution in [0.2, 0.25) is 0 Å². The fourth-order valence-electron chi connectivity index (χ4n) is 3.46. The van der Waals surface area contributed by atoms with Crippen molar-refractivity contribution in [3.63, 3.8) is 0 Å². The molecule has 9 nitrogen and oxygen atoms in total. The Labute approximate surface area is 208 Å². The van der Waals surface area contributed by atoms with E-state index in [2.05, 4.69) is 26.5 Å². The van der Waals surface area contributed by atoms with E-state index in [9.17, 15) is 14.4 Å². The van der Waals surface area contributed by atoms with Gasteiger partial charge in [-0.3, -0.25) is 30.6 Å². The Morgan fingerprint density at radius 1 is 0.914 bits per heavy atom. The molecule has 182 valence electrons. The summed E-state index contributed by atoms with van der Waals surface area (Å²) in [5, 5.41) is 4.95. The van der Waals surface area contributed by atoms with Crippen molar-refractivity contribution in [1.29, 1.82) is 0 Å². The van der Waals surface area contributed by atoms with Crippen molar-refractivity contribution in [2.24, 2.45) is 0 Å². The SMILES string of the molecule is CNC(=O)c1c(C)[nH]c(C(=O)NNC(=S)NC(=O)c2ccc(OCCc3ccccc3)cc2)c1C. The number of carbonyl (C=O) groups excluding carboxylic acids is 3. The van der Waals surface area contributed by atoms with Crippen LogP contribution in [0.4, 0.5) is 0 Å². The number of benzene rings is 2. The summed E-state index contributed by atoms with van der Waals surface area (Å²) in [6.45, 7) is 3.89. The van der Waals surface area contributed by atoms with E-state index in [1.165, 1.54) is 12.6 Å². The third-order valence-corrected chi connectivity index (χ3v) is 5.46. The average molecular weight is 494 g/mol. The Hall–Kier alpha value is -4.18. The average Bonchev–Trinajstić information content (AvgIpc) is 3.16. The molecule has 1 aromatic heterocycles. The van der Waals surface area contributed by atoms with Crippen molar-refractivity contribution in [3.8, 4) is 5.75 Å². The van der Waals surface area contributed by atoms with E-state index in [1.807, 2.05) is 30.3 Å². The minimum Gasteiger partial charge on any atom is -0.493 e. The van der Waals surface area contributed by atoms with Crippen LogP contribution < -0.4 is 26.2 Å². The van der Waals surface area contributed by atoms with Gasteiger partial charge in [0.1, 0.15) is 11.4 Å². The number of nitrogens with one attached hydrogen (secondary N) is 5. The largest absolute Gasteiger partial charge is 0.493 e. The van der Waals surface area contributed by atoms with E-state index in [-0.39, 0.29) is 16.7 Å². The smallest absolute Gasteiger partial charge is 0.286 e. The Bertz CT molecular complexity index is 1220. The molecule has 0 spiro atoms. The number of amides is 3. The molecule has 3 aromatic rings. The van der Waals surface area contributed by atoms with Gasteiger partial charge in [0.05, 0.1) is 12.2 Å². The lowest BCUT2D eigenvalue weighted by Gasteiger charge is -2.11. The Kier molecular flexibility index (Phi) is 8.58. The molecular weight excluding hydrogens is 466 g/mol. The van der Waals surface area contributed by atoms with Gasteiger partial charge in [-0.1, -0.05) is 30.3 Å². The standard InChI is InChI=1S/C25H27N5O4S/c1-15-20(23(32)26-3)16(2)27-21(15)24(33)29-30-25(35)28-22(31)18-9-11-19(12-10-18)34-14-13-17-7-5-4-6-8-17/h4-12,27H,13-14H2,1-3H3,(H,26,32)(H,29,33)(H2,28,30,31,35). The van der Waals surface area contributed by atoms with E-state index in [4.69, 9.17) is 17.0 Å². The van der Waals surface area contributed by atoms with Gasteiger partial charge in [0.2, 0.25) is 0 Å². The second kappa shape index (κ2) is 11.8. The summed E-state index contributed by atoms with van der Waals surface area (Å²) >= 11 is 5.10. The first-order valence-corrected chi connectivity index (χ1v) is 11.3.